The first-order valence-corrected chi connectivity index (χ1v) is 11.3. The van der Waals surface area contributed by atoms with Gasteiger partial charge in [0.2, 0.25) is 11.8 Å². The Bertz CT molecular complexity index is 1020. The van der Waals surface area contributed by atoms with Crippen molar-refractivity contribution in [1.82, 2.24) is 19.2 Å². The molecule has 7 nitrogen and oxygen atoms in total. The first kappa shape index (κ1) is 23.3. The van der Waals surface area contributed by atoms with E-state index >= 15 is 0 Å². The highest BCUT2D eigenvalue weighted by atomic mass is 32.2. The van der Waals surface area contributed by atoms with Crippen molar-refractivity contribution in [1.29, 1.82) is 0 Å². The SMILES string of the molecule is Cn1cnc(S(=O)(=O)N2C[C@H](NC(=O)CCCC(C)(F)F)[C@@H](c3ccc(F)cc3)C2)c1. The third kappa shape index (κ3) is 5.85. The minimum atomic E-state index is -3.90. The van der Waals surface area contributed by atoms with Crippen molar-refractivity contribution in [2.45, 2.75) is 49.1 Å². The molecular formula is C20H25F3N4O3S. The molecule has 31 heavy (non-hydrogen) atoms. The number of nitrogens with zero attached hydrogens (tertiary/aromatic N) is 3. The molecule has 1 aliphatic heterocycles. The second-order valence-corrected chi connectivity index (χ2v) is 9.84. The maximum atomic E-state index is 13.4. The molecular weight excluding hydrogens is 433 g/mol. The predicted molar refractivity (Wildman–Crippen MR) is 108 cm³/mol. The lowest BCUT2D eigenvalue weighted by Gasteiger charge is -2.20. The average Bonchev–Trinajstić information content (AvgIpc) is 3.29. The largest absolute Gasteiger partial charge is 0.351 e. The van der Waals surface area contributed by atoms with Crippen LogP contribution in [0.4, 0.5) is 13.2 Å². The van der Waals surface area contributed by atoms with Gasteiger partial charge in [-0.05, 0) is 31.0 Å². The van der Waals surface area contributed by atoms with Crippen LogP contribution >= 0.6 is 0 Å². The Morgan fingerprint density at radius 2 is 1.94 bits per heavy atom. The second-order valence-electron chi connectivity index (χ2n) is 7.96. The summed E-state index contributed by atoms with van der Waals surface area (Å²) < 4.78 is 68.1. The van der Waals surface area contributed by atoms with Crippen molar-refractivity contribution in [2.75, 3.05) is 13.1 Å². The fraction of sp³-hybridized carbons (Fsp3) is 0.500. The number of imidazole rings is 1. The number of nitrogens with one attached hydrogen (secondary N) is 1. The minimum absolute atomic E-state index is 0.00335. The van der Waals surface area contributed by atoms with E-state index in [1.54, 1.807) is 19.2 Å². The molecule has 0 aliphatic carbocycles. The number of carbonyl (C=O) groups is 1. The number of alkyl halides is 2. The van der Waals surface area contributed by atoms with E-state index in [4.69, 9.17) is 0 Å². The molecule has 0 bridgehead atoms. The molecule has 0 unspecified atom stereocenters. The van der Waals surface area contributed by atoms with Crippen LogP contribution in [0.2, 0.25) is 0 Å². The third-order valence-electron chi connectivity index (χ3n) is 5.24. The fourth-order valence-electron chi connectivity index (χ4n) is 3.65. The van der Waals surface area contributed by atoms with Gasteiger partial charge in [-0.15, -0.1) is 0 Å². The van der Waals surface area contributed by atoms with E-state index in [1.807, 2.05) is 0 Å². The van der Waals surface area contributed by atoms with Gasteiger partial charge >= 0.3 is 0 Å². The van der Waals surface area contributed by atoms with E-state index in [-0.39, 0.29) is 31.0 Å². The smallest absolute Gasteiger partial charge is 0.262 e. The van der Waals surface area contributed by atoms with E-state index in [1.165, 1.54) is 33.5 Å². The summed E-state index contributed by atoms with van der Waals surface area (Å²) in [7, 11) is -2.24. The highest BCUT2D eigenvalue weighted by Gasteiger charge is 2.41. The summed E-state index contributed by atoms with van der Waals surface area (Å²) in [4.78, 5) is 16.3. The molecule has 170 valence electrons. The molecule has 2 heterocycles. The highest BCUT2D eigenvalue weighted by Crippen LogP contribution is 2.31. The minimum Gasteiger partial charge on any atom is -0.351 e. The zero-order valence-electron chi connectivity index (χ0n) is 17.3. The number of aromatic nitrogens is 2. The van der Waals surface area contributed by atoms with Crippen molar-refractivity contribution in [3.05, 3.63) is 48.2 Å². The maximum absolute atomic E-state index is 13.4. The van der Waals surface area contributed by atoms with E-state index in [2.05, 4.69) is 10.3 Å². The van der Waals surface area contributed by atoms with Crippen LogP contribution in [-0.4, -0.2) is 53.2 Å². The van der Waals surface area contributed by atoms with Crippen LogP contribution in [0, 0.1) is 5.82 Å². The summed E-state index contributed by atoms with van der Waals surface area (Å²) in [6, 6.07) is 5.06. The molecule has 1 saturated heterocycles. The number of halogens is 3. The van der Waals surface area contributed by atoms with Gasteiger partial charge in [-0.3, -0.25) is 4.79 Å². The number of rotatable bonds is 8. The van der Waals surface area contributed by atoms with Crippen molar-refractivity contribution in [3.8, 4) is 0 Å². The number of hydrogen-bond acceptors (Lipinski definition) is 4. The molecule has 1 aromatic heterocycles. The standard InChI is InChI=1S/C20H25F3N4O3S/c1-20(22,23)9-3-4-18(28)25-17-11-27(31(29,30)19-12-26(2)13-24-19)10-16(17)14-5-7-15(21)8-6-14/h5-8,12-13,16-17H,3-4,9-11H2,1-2H3,(H,25,28)/t16-,17+/m1/s1. The number of carbonyl (C=O) groups excluding carboxylic acids is 1. The molecule has 0 saturated carbocycles. The lowest BCUT2D eigenvalue weighted by Crippen LogP contribution is -2.40. The normalized spacial score (nSPS) is 20.2. The molecule has 2 atom stereocenters. The lowest BCUT2D eigenvalue weighted by atomic mass is 9.94. The molecule has 1 fully saturated rings. The van der Waals surface area contributed by atoms with Gasteiger partial charge in [0.15, 0.2) is 5.03 Å². The molecule has 2 aromatic rings. The van der Waals surface area contributed by atoms with Crippen molar-refractivity contribution in [3.63, 3.8) is 0 Å². The van der Waals surface area contributed by atoms with Crippen LogP contribution in [0.3, 0.4) is 0 Å². The monoisotopic (exact) mass is 458 g/mol. The number of aryl methyl sites for hydroxylation is 1. The zero-order valence-corrected chi connectivity index (χ0v) is 18.1. The summed E-state index contributed by atoms with van der Waals surface area (Å²) in [5.41, 5.74) is 0.672. The Labute approximate surface area is 179 Å². The lowest BCUT2D eigenvalue weighted by molar-refractivity contribution is -0.122. The molecule has 0 radical (unpaired) electrons. The Hall–Kier alpha value is -2.40. The number of amides is 1. The van der Waals surface area contributed by atoms with Crippen molar-refractivity contribution < 1.29 is 26.4 Å². The van der Waals surface area contributed by atoms with Crippen LogP contribution in [0.25, 0.3) is 0 Å². The summed E-state index contributed by atoms with van der Waals surface area (Å²) in [6.45, 7) is 0.867. The Balaban J connectivity index is 1.77. The van der Waals surface area contributed by atoms with Crippen LogP contribution < -0.4 is 5.32 Å². The molecule has 1 N–H and O–H groups in total. The molecule has 3 rings (SSSR count). The summed E-state index contributed by atoms with van der Waals surface area (Å²) >= 11 is 0. The van der Waals surface area contributed by atoms with Gasteiger partial charge < -0.3 is 9.88 Å². The zero-order chi connectivity index (χ0) is 22.8. The van der Waals surface area contributed by atoms with Crippen LogP contribution in [-0.2, 0) is 21.9 Å². The average molecular weight is 459 g/mol. The molecule has 11 heteroatoms. The van der Waals surface area contributed by atoms with Crippen LogP contribution in [0.15, 0.2) is 41.8 Å². The quantitative estimate of drug-likeness (QED) is 0.659. The third-order valence-corrected chi connectivity index (χ3v) is 6.95. The molecule has 1 amide bonds. The highest BCUT2D eigenvalue weighted by molar-refractivity contribution is 7.89. The number of sulfonamides is 1. The Kier molecular flexibility index (Phi) is 6.75. The summed E-state index contributed by atoms with van der Waals surface area (Å²) in [6.07, 6.45) is 2.27. The van der Waals surface area contributed by atoms with Gasteiger partial charge in [-0.2, -0.15) is 4.31 Å². The Morgan fingerprint density at radius 1 is 1.26 bits per heavy atom. The second kappa shape index (κ2) is 8.99. The topological polar surface area (TPSA) is 84.3 Å². The summed E-state index contributed by atoms with van der Waals surface area (Å²) in [5, 5.41) is 2.67. The van der Waals surface area contributed by atoms with E-state index in [9.17, 15) is 26.4 Å². The van der Waals surface area contributed by atoms with Gasteiger partial charge in [0.05, 0.1) is 12.4 Å². The predicted octanol–water partition coefficient (Wildman–Crippen LogP) is 2.66. The number of benzene rings is 1. The van der Waals surface area contributed by atoms with Crippen LogP contribution in [0.5, 0.6) is 0 Å². The first-order valence-electron chi connectivity index (χ1n) is 9.86. The van der Waals surface area contributed by atoms with Gasteiger partial charge in [0.1, 0.15) is 5.82 Å². The summed E-state index contributed by atoms with van der Waals surface area (Å²) in [5.74, 6) is -4.13. The van der Waals surface area contributed by atoms with Crippen molar-refractivity contribution >= 4 is 15.9 Å². The molecule has 1 aromatic carbocycles. The van der Waals surface area contributed by atoms with E-state index in [0.29, 0.717) is 5.56 Å². The van der Waals surface area contributed by atoms with Gasteiger partial charge in [-0.25, -0.2) is 26.6 Å². The van der Waals surface area contributed by atoms with E-state index < -0.39 is 46.1 Å². The van der Waals surface area contributed by atoms with Crippen molar-refractivity contribution in [2.24, 2.45) is 7.05 Å². The van der Waals surface area contributed by atoms with Gasteiger partial charge in [-0.1, -0.05) is 12.1 Å². The van der Waals surface area contributed by atoms with Crippen LogP contribution in [0.1, 0.15) is 37.7 Å². The fourth-order valence-corrected chi connectivity index (χ4v) is 5.11. The Morgan fingerprint density at radius 3 is 2.52 bits per heavy atom. The number of hydrogen-bond donors (Lipinski definition) is 1. The van der Waals surface area contributed by atoms with E-state index in [0.717, 1.165) is 6.92 Å². The molecule has 0 spiro atoms. The maximum Gasteiger partial charge on any atom is 0.262 e. The van der Waals surface area contributed by atoms with Gasteiger partial charge in [0.25, 0.3) is 10.0 Å². The van der Waals surface area contributed by atoms with Gasteiger partial charge in [0, 0.05) is 45.1 Å². The first-order chi connectivity index (χ1) is 14.5. The molecule has 1 aliphatic rings.